The molecule has 0 radical (unpaired) electrons. The molecule has 2 saturated carbocycles. The number of rotatable bonds is 10. The predicted molar refractivity (Wildman–Crippen MR) is 161 cm³/mol. The van der Waals surface area contributed by atoms with Gasteiger partial charge in [-0.1, -0.05) is 81.4 Å². The van der Waals surface area contributed by atoms with Crippen LogP contribution in [-0.2, 0) is 13.6 Å². The summed E-state index contributed by atoms with van der Waals surface area (Å²) in [5, 5.41) is 10.4. The van der Waals surface area contributed by atoms with E-state index in [1.165, 1.54) is 0 Å². The van der Waals surface area contributed by atoms with Gasteiger partial charge in [-0.15, -0.1) is 0 Å². The van der Waals surface area contributed by atoms with E-state index in [9.17, 15) is 5.11 Å². The molecule has 0 aromatic rings. The Hall–Kier alpha value is 0.0138. The summed E-state index contributed by atoms with van der Waals surface area (Å²) in [6.45, 7) is 33.1. The zero-order chi connectivity index (χ0) is 28.4. The maximum atomic E-state index is 10.1. The minimum atomic E-state index is -1.96. The van der Waals surface area contributed by atoms with Crippen LogP contribution >= 0.6 is 0 Å². The van der Waals surface area contributed by atoms with Gasteiger partial charge in [0.15, 0.2) is 16.6 Å². The van der Waals surface area contributed by atoms with E-state index < -0.39 is 16.6 Å². The molecule has 3 aliphatic rings. The molecule has 1 heterocycles. The lowest BCUT2D eigenvalue weighted by Crippen LogP contribution is -2.47. The highest BCUT2D eigenvalue weighted by Gasteiger charge is 2.71. The normalized spacial score (nSPS) is 33.8. The molecular formula is C31H60O4Si2. The molecule has 1 saturated heterocycles. The monoisotopic (exact) mass is 552 g/mol. The summed E-state index contributed by atoms with van der Waals surface area (Å²) in [6.07, 6.45) is 8.53. The number of hydrogen-bond donors (Lipinski definition) is 1. The number of aliphatic hydroxyl groups excluding tert-OH is 1. The van der Waals surface area contributed by atoms with Crippen molar-refractivity contribution in [3.8, 4) is 0 Å². The minimum Gasteiger partial charge on any atom is -0.413 e. The van der Waals surface area contributed by atoms with Crippen molar-refractivity contribution in [1.29, 1.82) is 0 Å². The highest BCUT2D eigenvalue weighted by molar-refractivity contribution is 6.74. The van der Waals surface area contributed by atoms with Gasteiger partial charge < -0.3 is 18.7 Å². The SMILES string of the molecule is CC(C)CC(C)(C)C(/C=C/[C@H]1[C@@H]2CC3(CO)OC3[C@H]2C[C@H]1O[Si](C)(C)C(C)(C)C)O[Si](C)(C)C(C)(C)C. The van der Waals surface area contributed by atoms with Gasteiger partial charge >= 0.3 is 0 Å². The van der Waals surface area contributed by atoms with Gasteiger partial charge in [-0.3, -0.25) is 0 Å². The molecule has 37 heavy (non-hydrogen) atoms. The number of aliphatic hydroxyl groups is 1. The van der Waals surface area contributed by atoms with Gasteiger partial charge in [0.2, 0.25) is 0 Å². The van der Waals surface area contributed by atoms with Gasteiger partial charge in [-0.25, -0.2) is 0 Å². The average Bonchev–Trinajstić information content (AvgIpc) is 3.19. The number of hydrogen-bond acceptors (Lipinski definition) is 4. The van der Waals surface area contributed by atoms with E-state index in [1.54, 1.807) is 0 Å². The van der Waals surface area contributed by atoms with E-state index in [4.69, 9.17) is 13.6 Å². The Kier molecular flexibility index (Phi) is 8.64. The fraction of sp³-hybridized carbons (Fsp3) is 0.935. The molecule has 1 aliphatic heterocycles. The smallest absolute Gasteiger partial charge is 0.192 e. The van der Waals surface area contributed by atoms with Crippen molar-refractivity contribution < 1.29 is 18.7 Å². The van der Waals surface area contributed by atoms with Crippen molar-refractivity contribution in [3.63, 3.8) is 0 Å². The van der Waals surface area contributed by atoms with Gasteiger partial charge in [0.1, 0.15) is 5.60 Å². The van der Waals surface area contributed by atoms with Gasteiger partial charge in [-0.2, -0.15) is 0 Å². The molecule has 2 aliphatic carbocycles. The molecule has 1 N–H and O–H groups in total. The largest absolute Gasteiger partial charge is 0.413 e. The average molecular weight is 553 g/mol. The second-order valence-electron chi connectivity index (χ2n) is 16.8. The summed E-state index contributed by atoms with van der Waals surface area (Å²) < 4.78 is 20.4. The van der Waals surface area contributed by atoms with E-state index >= 15 is 0 Å². The van der Waals surface area contributed by atoms with Crippen LogP contribution in [0.1, 0.15) is 88.5 Å². The van der Waals surface area contributed by atoms with Crippen molar-refractivity contribution >= 4 is 16.6 Å². The minimum absolute atomic E-state index is 0.0429. The molecule has 0 aromatic heterocycles. The molecule has 6 heteroatoms. The van der Waals surface area contributed by atoms with Crippen LogP contribution in [0.15, 0.2) is 12.2 Å². The summed E-state index contributed by atoms with van der Waals surface area (Å²) in [4.78, 5) is 0. The molecular weight excluding hydrogens is 493 g/mol. The van der Waals surface area contributed by atoms with E-state index in [2.05, 4.69) is 108 Å². The number of fused-ring (bicyclic) bond motifs is 3. The van der Waals surface area contributed by atoms with Crippen molar-refractivity contribution in [2.75, 3.05) is 6.61 Å². The van der Waals surface area contributed by atoms with Crippen LogP contribution in [0.3, 0.4) is 0 Å². The van der Waals surface area contributed by atoms with Crippen molar-refractivity contribution in [3.05, 3.63) is 12.2 Å². The van der Waals surface area contributed by atoms with Crippen LogP contribution in [-0.4, -0.2) is 52.3 Å². The van der Waals surface area contributed by atoms with E-state index in [0.717, 1.165) is 19.3 Å². The summed E-state index contributed by atoms with van der Waals surface area (Å²) >= 11 is 0. The topological polar surface area (TPSA) is 51.2 Å². The maximum absolute atomic E-state index is 10.1. The molecule has 0 bridgehead atoms. The summed E-state index contributed by atoms with van der Waals surface area (Å²) in [5.74, 6) is 1.96. The summed E-state index contributed by atoms with van der Waals surface area (Å²) in [6, 6.07) is 0. The van der Waals surface area contributed by atoms with Crippen LogP contribution in [0.25, 0.3) is 0 Å². The Balaban J connectivity index is 1.94. The molecule has 0 amide bonds. The van der Waals surface area contributed by atoms with Crippen LogP contribution in [0.2, 0.25) is 36.3 Å². The Labute approximate surface area is 231 Å². The van der Waals surface area contributed by atoms with Crippen molar-refractivity contribution in [2.45, 2.75) is 149 Å². The highest BCUT2D eigenvalue weighted by Crippen LogP contribution is 2.63. The highest BCUT2D eigenvalue weighted by atomic mass is 28.4. The molecule has 3 fully saturated rings. The fourth-order valence-electron chi connectivity index (χ4n) is 6.55. The first-order chi connectivity index (χ1) is 16.6. The van der Waals surface area contributed by atoms with E-state index in [-0.39, 0.29) is 46.0 Å². The molecule has 4 nitrogen and oxygen atoms in total. The second kappa shape index (κ2) is 10.1. The van der Waals surface area contributed by atoms with Crippen molar-refractivity contribution in [1.82, 2.24) is 0 Å². The standard InChI is InChI=1S/C31H60O4Si2/c1-21(2)18-30(9,10)26(35-37(13,14)29(6,7)8)16-15-22-24-19-31(20-32)27(33-31)23(24)17-25(22)34-36(11,12)28(3,4)5/h15-16,21-27,32H,17-20H2,1-14H3/b16-15+/t22-,23-,24-,25+,26?,27?,31?/m0/s1. The Morgan fingerprint density at radius 3 is 2.00 bits per heavy atom. The van der Waals surface area contributed by atoms with Gasteiger partial charge in [-0.05, 0) is 78.7 Å². The Morgan fingerprint density at radius 1 is 0.946 bits per heavy atom. The zero-order valence-corrected chi connectivity index (χ0v) is 28.7. The Bertz CT molecular complexity index is 835. The van der Waals surface area contributed by atoms with Gasteiger partial charge in [0.25, 0.3) is 0 Å². The molecule has 7 atom stereocenters. The van der Waals surface area contributed by atoms with Crippen molar-refractivity contribution in [2.24, 2.45) is 29.1 Å². The van der Waals surface area contributed by atoms with Crippen LogP contribution in [0.5, 0.6) is 0 Å². The first-order valence-corrected chi connectivity index (χ1v) is 20.7. The Morgan fingerprint density at radius 2 is 1.51 bits per heavy atom. The molecule has 0 aromatic carbocycles. The molecule has 0 spiro atoms. The van der Waals surface area contributed by atoms with Crippen LogP contribution in [0, 0.1) is 29.1 Å². The maximum Gasteiger partial charge on any atom is 0.192 e. The van der Waals surface area contributed by atoms with Crippen LogP contribution in [0.4, 0.5) is 0 Å². The lowest BCUT2D eigenvalue weighted by atomic mass is 9.78. The summed E-state index contributed by atoms with van der Waals surface area (Å²) in [5.41, 5.74) is -0.238. The predicted octanol–water partition coefficient (Wildman–Crippen LogP) is 8.18. The third kappa shape index (κ3) is 6.35. The van der Waals surface area contributed by atoms with Gasteiger partial charge in [0.05, 0.1) is 24.9 Å². The quantitative estimate of drug-likeness (QED) is 0.169. The van der Waals surface area contributed by atoms with Crippen LogP contribution < -0.4 is 0 Å². The molecule has 216 valence electrons. The fourth-order valence-corrected chi connectivity index (χ4v) is 9.30. The lowest BCUT2D eigenvalue weighted by Gasteiger charge is -2.44. The third-order valence-corrected chi connectivity index (χ3v) is 19.7. The third-order valence-electron chi connectivity index (χ3n) is 10.7. The first-order valence-electron chi connectivity index (χ1n) is 14.9. The summed E-state index contributed by atoms with van der Waals surface area (Å²) in [7, 11) is -3.88. The van der Waals surface area contributed by atoms with E-state index in [1.807, 2.05) is 0 Å². The molecule has 3 rings (SSSR count). The second-order valence-corrected chi connectivity index (χ2v) is 26.3. The zero-order valence-electron chi connectivity index (χ0n) is 26.7. The lowest BCUT2D eigenvalue weighted by molar-refractivity contribution is 0.0788. The number of epoxide rings is 1. The first kappa shape index (κ1) is 31.5. The number of ether oxygens (including phenoxy) is 1. The molecule has 3 unspecified atom stereocenters. The van der Waals surface area contributed by atoms with E-state index in [0.29, 0.717) is 23.7 Å². The van der Waals surface area contributed by atoms with Gasteiger partial charge in [0, 0.05) is 5.92 Å².